The summed E-state index contributed by atoms with van der Waals surface area (Å²) in [6, 6.07) is 11.4. The number of nitrogens with two attached hydrogens (primary N) is 1. The number of anilines is 1. The van der Waals surface area contributed by atoms with Gasteiger partial charge in [0.2, 0.25) is 5.91 Å². The number of hydrogen-bond donors (Lipinski definition) is 1. The highest BCUT2D eigenvalue weighted by Crippen LogP contribution is 2.26. The normalized spacial score (nSPS) is 16.1. The zero-order valence-electron chi connectivity index (χ0n) is 16.4. The van der Waals surface area contributed by atoms with Gasteiger partial charge in [-0.3, -0.25) is 14.5 Å². The molecule has 2 aromatic carbocycles. The monoisotopic (exact) mass is 455 g/mol. The van der Waals surface area contributed by atoms with Gasteiger partial charge >= 0.3 is 6.36 Å². The molecular formula is C21H21ClF3N3O3. The van der Waals surface area contributed by atoms with Crippen LogP contribution in [-0.2, 0) is 4.79 Å². The molecule has 3 rings (SSSR count). The first-order chi connectivity index (χ1) is 14.6. The van der Waals surface area contributed by atoms with Gasteiger partial charge in [0.1, 0.15) is 5.75 Å². The number of carbonyl (C=O) groups is 2. The van der Waals surface area contributed by atoms with E-state index in [9.17, 15) is 22.8 Å². The summed E-state index contributed by atoms with van der Waals surface area (Å²) in [5.74, 6) is -1.07. The molecule has 1 unspecified atom stereocenters. The van der Waals surface area contributed by atoms with Crippen LogP contribution in [-0.4, -0.2) is 55.2 Å². The number of carbonyl (C=O) groups excluding carboxylic acids is 2. The summed E-state index contributed by atoms with van der Waals surface area (Å²) in [6.07, 6.45) is -4.84. The number of Topliss-reactive ketones (excluding diaryl/α,β-unsaturated/α-hetero) is 1. The van der Waals surface area contributed by atoms with E-state index in [0.717, 1.165) is 5.69 Å². The maximum Gasteiger partial charge on any atom is 0.573 e. The van der Waals surface area contributed by atoms with E-state index >= 15 is 0 Å². The summed E-state index contributed by atoms with van der Waals surface area (Å²) in [4.78, 5) is 28.5. The summed E-state index contributed by atoms with van der Waals surface area (Å²) in [5, 5.41) is 0.503. The number of amides is 1. The molecule has 0 spiro atoms. The molecule has 0 aliphatic carbocycles. The van der Waals surface area contributed by atoms with Crippen molar-refractivity contribution in [2.45, 2.75) is 18.8 Å². The second-order valence-corrected chi connectivity index (χ2v) is 7.56. The fraction of sp³-hybridized carbons (Fsp3) is 0.333. The Morgan fingerprint density at radius 1 is 1.00 bits per heavy atom. The average Bonchev–Trinajstić information content (AvgIpc) is 2.72. The number of piperazine rings is 1. The summed E-state index contributed by atoms with van der Waals surface area (Å²) in [6.45, 7) is 2.03. The van der Waals surface area contributed by atoms with Gasteiger partial charge in [-0.1, -0.05) is 11.6 Å². The molecule has 0 bridgehead atoms. The number of hydrogen-bond acceptors (Lipinski definition) is 5. The highest BCUT2D eigenvalue weighted by atomic mass is 35.5. The van der Waals surface area contributed by atoms with Gasteiger partial charge in [-0.05, 0) is 48.5 Å². The summed E-state index contributed by atoms with van der Waals surface area (Å²) >= 11 is 5.88. The van der Waals surface area contributed by atoms with Gasteiger partial charge in [0, 0.05) is 48.9 Å². The molecule has 2 N–H and O–H groups in total. The number of halogens is 4. The van der Waals surface area contributed by atoms with Crippen molar-refractivity contribution in [2.24, 2.45) is 5.73 Å². The predicted molar refractivity (Wildman–Crippen MR) is 110 cm³/mol. The van der Waals surface area contributed by atoms with Crippen LogP contribution in [0.5, 0.6) is 5.75 Å². The molecule has 1 amide bonds. The maximum absolute atomic E-state index is 13.0. The van der Waals surface area contributed by atoms with Gasteiger partial charge < -0.3 is 15.4 Å². The Morgan fingerprint density at radius 2 is 1.58 bits per heavy atom. The average molecular weight is 456 g/mol. The van der Waals surface area contributed by atoms with Crippen molar-refractivity contribution in [3.63, 3.8) is 0 Å². The highest BCUT2D eigenvalue weighted by Gasteiger charge is 2.32. The molecule has 6 nitrogen and oxygen atoms in total. The molecule has 1 aliphatic heterocycles. The van der Waals surface area contributed by atoms with Crippen LogP contribution in [0.2, 0.25) is 5.02 Å². The molecule has 1 fully saturated rings. The Hall–Kier alpha value is -2.78. The van der Waals surface area contributed by atoms with Gasteiger partial charge in [-0.25, -0.2) is 0 Å². The minimum Gasteiger partial charge on any atom is -0.406 e. The van der Waals surface area contributed by atoms with E-state index in [-0.39, 0.29) is 18.0 Å². The molecule has 1 aliphatic rings. The number of alkyl halides is 3. The highest BCUT2D eigenvalue weighted by molar-refractivity contribution is 6.30. The topological polar surface area (TPSA) is 75.9 Å². The van der Waals surface area contributed by atoms with E-state index in [2.05, 4.69) is 4.74 Å². The molecule has 166 valence electrons. The van der Waals surface area contributed by atoms with Crippen molar-refractivity contribution >= 4 is 29.0 Å². The number of benzene rings is 2. The number of rotatable bonds is 7. The number of ketones is 1. The van der Waals surface area contributed by atoms with Gasteiger partial charge in [0.05, 0.1) is 6.04 Å². The van der Waals surface area contributed by atoms with Crippen LogP contribution in [0.25, 0.3) is 0 Å². The van der Waals surface area contributed by atoms with Crippen LogP contribution in [0.4, 0.5) is 18.9 Å². The Morgan fingerprint density at radius 3 is 2.10 bits per heavy atom. The molecule has 10 heteroatoms. The Bertz CT molecular complexity index is 912. The van der Waals surface area contributed by atoms with E-state index in [0.29, 0.717) is 36.8 Å². The van der Waals surface area contributed by atoms with Crippen LogP contribution in [0.15, 0.2) is 48.5 Å². The van der Waals surface area contributed by atoms with E-state index in [4.69, 9.17) is 17.3 Å². The number of ether oxygens (including phenoxy) is 1. The van der Waals surface area contributed by atoms with Gasteiger partial charge in [0.15, 0.2) is 5.78 Å². The first-order valence-corrected chi connectivity index (χ1v) is 9.93. The molecule has 2 aromatic rings. The minimum atomic E-state index is -4.74. The second-order valence-electron chi connectivity index (χ2n) is 7.12. The Balaban J connectivity index is 1.65. The van der Waals surface area contributed by atoms with Crippen molar-refractivity contribution in [1.29, 1.82) is 0 Å². The van der Waals surface area contributed by atoms with Crippen LogP contribution < -0.4 is 15.4 Å². The van der Waals surface area contributed by atoms with Crippen LogP contribution in [0.3, 0.4) is 0 Å². The van der Waals surface area contributed by atoms with Gasteiger partial charge in [-0.15, -0.1) is 13.2 Å². The third-order valence-electron chi connectivity index (χ3n) is 5.02. The Kier molecular flexibility index (Phi) is 7.07. The van der Waals surface area contributed by atoms with E-state index in [1.54, 1.807) is 36.4 Å². The van der Waals surface area contributed by atoms with Crippen LogP contribution >= 0.6 is 11.6 Å². The molecule has 0 radical (unpaired) electrons. The lowest BCUT2D eigenvalue weighted by atomic mass is 9.99. The minimum absolute atomic E-state index is 0.106. The third kappa shape index (κ3) is 6.35. The van der Waals surface area contributed by atoms with E-state index < -0.39 is 18.3 Å². The van der Waals surface area contributed by atoms with E-state index in [1.807, 2.05) is 9.80 Å². The van der Waals surface area contributed by atoms with Crippen molar-refractivity contribution in [1.82, 2.24) is 4.90 Å². The fourth-order valence-electron chi connectivity index (χ4n) is 3.54. The SMILES string of the molecule is NC(=O)CC(C(=O)c1ccc(Cl)cc1)N1CCN(c2ccc(OC(F)(F)F)cc2)CC1. The third-order valence-corrected chi connectivity index (χ3v) is 5.27. The van der Waals surface area contributed by atoms with Crippen molar-refractivity contribution in [3.05, 3.63) is 59.1 Å². The zero-order chi connectivity index (χ0) is 22.6. The molecule has 0 saturated carbocycles. The molecular weight excluding hydrogens is 435 g/mol. The molecule has 0 aromatic heterocycles. The van der Waals surface area contributed by atoms with Crippen LogP contribution in [0.1, 0.15) is 16.8 Å². The van der Waals surface area contributed by atoms with Crippen LogP contribution in [0, 0.1) is 0 Å². The fourth-order valence-corrected chi connectivity index (χ4v) is 3.66. The molecule has 1 atom stereocenters. The van der Waals surface area contributed by atoms with Gasteiger partial charge in [0.25, 0.3) is 0 Å². The largest absolute Gasteiger partial charge is 0.573 e. The molecule has 31 heavy (non-hydrogen) atoms. The maximum atomic E-state index is 13.0. The van der Waals surface area contributed by atoms with E-state index in [1.165, 1.54) is 12.1 Å². The predicted octanol–water partition coefficient (Wildman–Crippen LogP) is 3.49. The Labute approximate surface area is 182 Å². The smallest absolute Gasteiger partial charge is 0.406 e. The summed E-state index contributed by atoms with van der Waals surface area (Å²) in [7, 11) is 0. The van der Waals surface area contributed by atoms with Crippen molar-refractivity contribution in [2.75, 3.05) is 31.1 Å². The zero-order valence-corrected chi connectivity index (χ0v) is 17.2. The lowest BCUT2D eigenvalue weighted by molar-refractivity contribution is -0.274. The second kappa shape index (κ2) is 9.57. The lowest BCUT2D eigenvalue weighted by Gasteiger charge is -2.39. The van der Waals surface area contributed by atoms with Crippen molar-refractivity contribution < 1.29 is 27.5 Å². The van der Waals surface area contributed by atoms with Gasteiger partial charge in [-0.2, -0.15) is 0 Å². The lowest BCUT2D eigenvalue weighted by Crippen LogP contribution is -2.53. The quantitative estimate of drug-likeness (QED) is 0.647. The standard InChI is InChI=1S/C21H21ClF3N3O3/c22-15-3-1-14(2-4-15)20(30)18(13-19(26)29)28-11-9-27(10-12-28)16-5-7-17(8-6-16)31-21(23,24)25/h1-8,18H,9-13H2,(H2,26,29). The number of primary amides is 1. The summed E-state index contributed by atoms with van der Waals surface area (Å²) in [5.41, 5.74) is 6.56. The molecule has 1 saturated heterocycles. The van der Waals surface area contributed by atoms with Crippen molar-refractivity contribution in [3.8, 4) is 5.75 Å². The first-order valence-electron chi connectivity index (χ1n) is 9.55. The molecule has 1 heterocycles. The first kappa shape index (κ1) is 22.9. The number of nitrogens with zero attached hydrogens (tertiary/aromatic N) is 2. The summed E-state index contributed by atoms with van der Waals surface area (Å²) < 4.78 is 40.8.